The summed E-state index contributed by atoms with van der Waals surface area (Å²) in [4.78, 5) is 11.8. The van der Waals surface area contributed by atoms with Crippen LogP contribution in [0.2, 0.25) is 0 Å². The van der Waals surface area contributed by atoms with E-state index in [0.29, 0.717) is 12.5 Å². The van der Waals surface area contributed by atoms with Crippen LogP contribution >= 0.6 is 0 Å². The molecule has 0 aromatic rings. The minimum atomic E-state index is -0.448. The molecule has 0 radical (unpaired) electrons. The first-order valence-corrected chi connectivity index (χ1v) is 6.87. The Morgan fingerprint density at radius 2 is 1.94 bits per heavy atom. The van der Waals surface area contributed by atoms with Crippen LogP contribution in [0.1, 0.15) is 53.9 Å². The van der Waals surface area contributed by atoms with Crippen LogP contribution < -0.4 is 11.1 Å². The summed E-state index contributed by atoms with van der Waals surface area (Å²) >= 11 is 0. The van der Waals surface area contributed by atoms with Crippen LogP contribution in [0.25, 0.3) is 0 Å². The van der Waals surface area contributed by atoms with Crippen molar-refractivity contribution in [1.29, 1.82) is 0 Å². The molecule has 1 aliphatic rings. The van der Waals surface area contributed by atoms with Crippen molar-refractivity contribution >= 4 is 6.09 Å². The fraction of sp³-hybridized carbons (Fsp3) is 0.929. The van der Waals surface area contributed by atoms with Crippen LogP contribution in [-0.4, -0.2) is 24.3 Å². The molecule has 0 spiro atoms. The lowest BCUT2D eigenvalue weighted by atomic mass is 9.90. The number of rotatable bonds is 5. The van der Waals surface area contributed by atoms with Gasteiger partial charge in [0.05, 0.1) is 0 Å². The molecule has 1 rings (SSSR count). The van der Waals surface area contributed by atoms with E-state index >= 15 is 0 Å². The number of nitrogens with one attached hydrogen (secondary N) is 1. The number of alkyl carbamates (subject to hydrolysis) is 1. The molecule has 1 aliphatic carbocycles. The smallest absolute Gasteiger partial charge is 0.407 e. The Kier molecular flexibility index (Phi) is 4.65. The highest BCUT2D eigenvalue weighted by Gasteiger charge is 2.43. The normalized spacial score (nSPS) is 19.5. The molecule has 1 fully saturated rings. The Labute approximate surface area is 111 Å². The third kappa shape index (κ3) is 4.84. The predicted molar refractivity (Wildman–Crippen MR) is 73.3 cm³/mol. The van der Waals surface area contributed by atoms with Crippen molar-refractivity contribution in [2.24, 2.45) is 17.1 Å². The third-order valence-electron chi connectivity index (χ3n) is 3.55. The summed E-state index contributed by atoms with van der Waals surface area (Å²) in [6, 6.07) is 0.144. The standard InChI is InChI=1S/C14H28N2O2/c1-10(2)11(8-14(9-15)6-7-14)16-12(17)18-13(3,4)5/h10-11H,6-9,15H2,1-5H3,(H,16,17). The van der Waals surface area contributed by atoms with Crippen molar-refractivity contribution in [3.05, 3.63) is 0 Å². The van der Waals surface area contributed by atoms with E-state index in [-0.39, 0.29) is 17.6 Å². The summed E-state index contributed by atoms with van der Waals surface area (Å²) in [5.41, 5.74) is 5.63. The molecule has 4 heteroatoms. The van der Waals surface area contributed by atoms with E-state index in [1.807, 2.05) is 20.8 Å². The van der Waals surface area contributed by atoms with E-state index in [9.17, 15) is 4.79 Å². The van der Waals surface area contributed by atoms with Gasteiger partial charge in [0.1, 0.15) is 5.60 Å². The van der Waals surface area contributed by atoms with E-state index in [1.165, 1.54) is 12.8 Å². The monoisotopic (exact) mass is 256 g/mol. The molecule has 4 nitrogen and oxygen atoms in total. The topological polar surface area (TPSA) is 64.3 Å². The first kappa shape index (κ1) is 15.3. The molecule has 1 unspecified atom stereocenters. The van der Waals surface area contributed by atoms with Crippen molar-refractivity contribution < 1.29 is 9.53 Å². The minimum absolute atomic E-state index is 0.144. The molecule has 3 N–H and O–H groups in total. The second kappa shape index (κ2) is 5.47. The molecule has 0 aliphatic heterocycles. The SMILES string of the molecule is CC(C)C(CC1(CN)CC1)NC(=O)OC(C)(C)C. The molecule has 0 aromatic carbocycles. The summed E-state index contributed by atoms with van der Waals surface area (Å²) in [6.07, 6.45) is 3.00. The molecular weight excluding hydrogens is 228 g/mol. The van der Waals surface area contributed by atoms with Gasteiger partial charge in [0, 0.05) is 6.04 Å². The van der Waals surface area contributed by atoms with Gasteiger partial charge in [0.15, 0.2) is 0 Å². The quantitative estimate of drug-likeness (QED) is 0.795. The summed E-state index contributed by atoms with van der Waals surface area (Å²) in [6.45, 7) is 10.6. The maximum absolute atomic E-state index is 11.8. The van der Waals surface area contributed by atoms with Gasteiger partial charge in [-0.05, 0) is 57.9 Å². The van der Waals surface area contributed by atoms with Gasteiger partial charge in [-0.15, -0.1) is 0 Å². The van der Waals surface area contributed by atoms with Crippen molar-refractivity contribution in [2.75, 3.05) is 6.54 Å². The number of carbonyl (C=O) groups excluding carboxylic acids is 1. The van der Waals surface area contributed by atoms with Crippen molar-refractivity contribution in [1.82, 2.24) is 5.32 Å². The Bertz CT molecular complexity index is 291. The average Bonchev–Trinajstić information content (AvgIpc) is 2.94. The summed E-state index contributed by atoms with van der Waals surface area (Å²) in [5.74, 6) is 0.390. The molecule has 0 aromatic heterocycles. The van der Waals surface area contributed by atoms with Gasteiger partial charge >= 0.3 is 6.09 Å². The van der Waals surface area contributed by atoms with E-state index in [2.05, 4.69) is 19.2 Å². The number of hydrogen-bond acceptors (Lipinski definition) is 3. The van der Waals surface area contributed by atoms with Crippen LogP contribution in [-0.2, 0) is 4.74 Å². The highest BCUT2D eigenvalue weighted by Crippen LogP contribution is 2.49. The van der Waals surface area contributed by atoms with Crippen LogP contribution in [0, 0.1) is 11.3 Å². The fourth-order valence-corrected chi connectivity index (χ4v) is 2.05. The molecule has 106 valence electrons. The van der Waals surface area contributed by atoms with Gasteiger partial charge in [0.25, 0.3) is 0 Å². The van der Waals surface area contributed by atoms with Crippen molar-refractivity contribution in [3.63, 3.8) is 0 Å². The van der Waals surface area contributed by atoms with E-state index in [0.717, 1.165) is 6.42 Å². The zero-order chi connectivity index (χ0) is 14.0. The number of ether oxygens (including phenoxy) is 1. The lowest BCUT2D eigenvalue weighted by Crippen LogP contribution is -2.43. The number of amides is 1. The van der Waals surface area contributed by atoms with Crippen LogP contribution in [0.5, 0.6) is 0 Å². The summed E-state index contributed by atoms with van der Waals surface area (Å²) in [7, 11) is 0. The van der Waals surface area contributed by atoms with Crippen LogP contribution in [0.4, 0.5) is 4.79 Å². The largest absolute Gasteiger partial charge is 0.444 e. The summed E-state index contributed by atoms with van der Waals surface area (Å²) in [5, 5.41) is 2.99. The Morgan fingerprint density at radius 3 is 2.28 bits per heavy atom. The van der Waals surface area contributed by atoms with Gasteiger partial charge in [-0.3, -0.25) is 0 Å². The Hall–Kier alpha value is -0.770. The molecule has 0 saturated heterocycles. The number of hydrogen-bond donors (Lipinski definition) is 2. The second-order valence-corrected chi connectivity index (χ2v) is 6.90. The van der Waals surface area contributed by atoms with Crippen LogP contribution in [0.15, 0.2) is 0 Å². The van der Waals surface area contributed by atoms with Gasteiger partial charge in [0.2, 0.25) is 0 Å². The highest BCUT2D eigenvalue weighted by atomic mass is 16.6. The van der Waals surface area contributed by atoms with E-state index in [4.69, 9.17) is 10.5 Å². The summed E-state index contributed by atoms with van der Waals surface area (Å²) < 4.78 is 5.31. The lowest BCUT2D eigenvalue weighted by molar-refractivity contribution is 0.0480. The second-order valence-electron chi connectivity index (χ2n) is 6.90. The zero-order valence-corrected chi connectivity index (χ0v) is 12.4. The van der Waals surface area contributed by atoms with E-state index in [1.54, 1.807) is 0 Å². The van der Waals surface area contributed by atoms with Crippen molar-refractivity contribution in [3.8, 4) is 0 Å². The lowest BCUT2D eigenvalue weighted by Gasteiger charge is -2.28. The molecular formula is C14H28N2O2. The average molecular weight is 256 g/mol. The van der Waals surface area contributed by atoms with Crippen molar-refractivity contribution in [2.45, 2.75) is 65.5 Å². The van der Waals surface area contributed by atoms with Gasteiger partial charge in [-0.25, -0.2) is 4.79 Å². The third-order valence-corrected chi connectivity index (χ3v) is 3.55. The predicted octanol–water partition coefficient (Wildman–Crippen LogP) is 2.66. The molecule has 1 atom stereocenters. The molecule has 1 saturated carbocycles. The molecule has 0 bridgehead atoms. The van der Waals surface area contributed by atoms with Gasteiger partial charge < -0.3 is 15.8 Å². The van der Waals surface area contributed by atoms with Gasteiger partial charge in [-0.1, -0.05) is 13.8 Å². The Morgan fingerprint density at radius 1 is 1.39 bits per heavy atom. The molecule has 1 amide bonds. The van der Waals surface area contributed by atoms with E-state index < -0.39 is 5.60 Å². The molecule has 18 heavy (non-hydrogen) atoms. The fourth-order valence-electron chi connectivity index (χ4n) is 2.05. The maximum atomic E-state index is 11.8. The first-order valence-electron chi connectivity index (χ1n) is 6.87. The first-order chi connectivity index (χ1) is 8.17. The number of nitrogens with two attached hydrogens (primary N) is 1. The minimum Gasteiger partial charge on any atom is -0.444 e. The zero-order valence-electron chi connectivity index (χ0n) is 12.4. The van der Waals surface area contributed by atoms with Crippen LogP contribution in [0.3, 0.4) is 0 Å². The maximum Gasteiger partial charge on any atom is 0.407 e. The number of carbonyl (C=O) groups is 1. The molecule has 0 heterocycles. The highest BCUT2D eigenvalue weighted by molar-refractivity contribution is 5.68. The Balaban J connectivity index is 2.50. The van der Waals surface area contributed by atoms with Gasteiger partial charge in [-0.2, -0.15) is 0 Å².